The van der Waals surface area contributed by atoms with Crippen LogP contribution < -0.4 is 5.32 Å². The molecule has 1 N–H and O–H groups in total. The first-order valence-electron chi connectivity index (χ1n) is 9.65. The second-order valence-electron chi connectivity index (χ2n) is 6.49. The topological polar surface area (TPSA) is 35.8 Å². The Hall–Kier alpha value is -3.31. The zero-order valence-electron chi connectivity index (χ0n) is 16.6. The molecular weight excluding hydrogens is 340 g/mol. The normalized spacial score (nSPS) is 11.2. The Bertz CT molecular complexity index is 896. The molecule has 2 aromatic carbocycles. The van der Waals surface area contributed by atoms with Crippen molar-refractivity contribution >= 4 is 11.3 Å². The Morgan fingerprint density at radius 1 is 1.14 bits per heavy atom. The molecule has 0 fully saturated rings. The first kappa shape index (κ1) is 21.0. The first-order chi connectivity index (χ1) is 13.7. The number of nitriles is 1. The van der Waals surface area contributed by atoms with Crippen molar-refractivity contribution in [1.82, 2.24) is 0 Å². The SMILES string of the molecule is C=CCc1c(/C(C=C)=C/C=C\C)ccc(NCCCc2ccccc2)c1C#N. The number of anilines is 1. The zero-order valence-corrected chi connectivity index (χ0v) is 16.6. The third kappa shape index (κ3) is 5.59. The molecule has 0 aliphatic carbocycles. The number of hydrogen-bond acceptors (Lipinski definition) is 2. The van der Waals surface area contributed by atoms with Gasteiger partial charge in [0.05, 0.1) is 11.3 Å². The van der Waals surface area contributed by atoms with Gasteiger partial charge in [-0.15, -0.1) is 6.58 Å². The van der Waals surface area contributed by atoms with Gasteiger partial charge in [-0.1, -0.05) is 73.4 Å². The van der Waals surface area contributed by atoms with Crippen molar-refractivity contribution in [1.29, 1.82) is 5.26 Å². The molecule has 0 bridgehead atoms. The molecule has 2 nitrogen and oxygen atoms in total. The third-order valence-corrected chi connectivity index (χ3v) is 4.57. The van der Waals surface area contributed by atoms with Gasteiger partial charge in [0, 0.05) is 6.54 Å². The van der Waals surface area contributed by atoms with Crippen LogP contribution in [0, 0.1) is 11.3 Å². The van der Waals surface area contributed by atoms with Crippen molar-refractivity contribution in [2.45, 2.75) is 26.2 Å². The fourth-order valence-corrected chi connectivity index (χ4v) is 3.18. The molecular formula is C26H28N2. The van der Waals surface area contributed by atoms with E-state index in [1.807, 2.05) is 49.4 Å². The van der Waals surface area contributed by atoms with Crippen LogP contribution in [0.4, 0.5) is 5.69 Å². The molecule has 0 saturated carbocycles. The quantitative estimate of drug-likeness (QED) is 0.296. The number of hydrogen-bond donors (Lipinski definition) is 1. The summed E-state index contributed by atoms with van der Waals surface area (Å²) in [5.74, 6) is 0. The van der Waals surface area contributed by atoms with Gasteiger partial charge in [-0.25, -0.2) is 0 Å². The highest BCUT2D eigenvalue weighted by Gasteiger charge is 2.13. The van der Waals surface area contributed by atoms with Gasteiger partial charge in [-0.05, 0) is 54.5 Å². The maximum Gasteiger partial charge on any atom is 0.102 e. The molecule has 2 rings (SSSR count). The molecule has 0 atom stereocenters. The number of rotatable bonds is 10. The van der Waals surface area contributed by atoms with Gasteiger partial charge < -0.3 is 5.32 Å². The minimum atomic E-state index is 0.638. The second kappa shape index (κ2) is 11.4. The van der Waals surface area contributed by atoms with Gasteiger partial charge in [0.25, 0.3) is 0 Å². The van der Waals surface area contributed by atoms with Crippen molar-refractivity contribution in [3.05, 3.63) is 108 Å². The average Bonchev–Trinajstić information content (AvgIpc) is 2.73. The van der Waals surface area contributed by atoms with Crippen molar-refractivity contribution in [2.75, 3.05) is 11.9 Å². The molecule has 0 spiro atoms. The second-order valence-corrected chi connectivity index (χ2v) is 6.49. The Balaban J connectivity index is 2.23. The van der Waals surface area contributed by atoms with Crippen molar-refractivity contribution in [3.8, 4) is 6.07 Å². The molecule has 0 aliphatic rings. The van der Waals surface area contributed by atoms with Crippen molar-refractivity contribution < 1.29 is 0 Å². The highest BCUT2D eigenvalue weighted by Crippen LogP contribution is 2.29. The summed E-state index contributed by atoms with van der Waals surface area (Å²) in [6, 6.07) is 16.9. The summed E-state index contributed by atoms with van der Waals surface area (Å²) in [5.41, 5.74) is 5.91. The highest BCUT2D eigenvalue weighted by molar-refractivity contribution is 5.80. The van der Waals surface area contributed by atoms with E-state index in [1.54, 1.807) is 0 Å². The lowest BCUT2D eigenvalue weighted by Gasteiger charge is -2.16. The summed E-state index contributed by atoms with van der Waals surface area (Å²) < 4.78 is 0. The van der Waals surface area contributed by atoms with E-state index in [0.717, 1.165) is 41.8 Å². The minimum absolute atomic E-state index is 0.638. The summed E-state index contributed by atoms with van der Waals surface area (Å²) in [6.07, 6.45) is 12.3. The molecule has 2 aromatic rings. The number of benzene rings is 2. The predicted molar refractivity (Wildman–Crippen MR) is 121 cm³/mol. The summed E-state index contributed by atoms with van der Waals surface area (Å²) >= 11 is 0. The largest absolute Gasteiger partial charge is 0.384 e. The standard InChI is InChI=1S/C26H28N2/c1-4-7-16-22(6-3)23-17-18-26(25(20-27)24(23)12-5-2)28-19-11-15-21-13-9-8-10-14-21/h4-10,13-14,16-18,28H,2-3,11-12,15,19H2,1H3/b7-4-,22-16+. The van der Waals surface area contributed by atoms with E-state index >= 15 is 0 Å². The molecule has 0 unspecified atom stereocenters. The molecule has 2 heteroatoms. The smallest absolute Gasteiger partial charge is 0.102 e. The Labute approximate surface area is 169 Å². The van der Waals surface area contributed by atoms with Crippen LogP contribution in [0.1, 0.15) is 35.6 Å². The lowest BCUT2D eigenvalue weighted by molar-refractivity contribution is 0.862. The van der Waals surface area contributed by atoms with Gasteiger partial charge >= 0.3 is 0 Å². The number of nitrogens with one attached hydrogen (secondary N) is 1. The molecule has 0 amide bonds. The number of allylic oxidation sites excluding steroid dienone is 6. The van der Waals surface area contributed by atoms with E-state index < -0.39 is 0 Å². The molecule has 0 saturated heterocycles. The summed E-state index contributed by atoms with van der Waals surface area (Å²) in [4.78, 5) is 0. The lowest BCUT2D eigenvalue weighted by atomic mass is 9.92. The van der Waals surface area contributed by atoms with Gasteiger partial charge in [-0.3, -0.25) is 0 Å². The van der Waals surface area contributed by atoms with E-state index in [2.05, 4.69) is 54.9 Å². The van der Waals surface area contributed by atoms with Crippen molar-refractivity contribution in [2.24, 2.45) is 0 Å². The Kier molecular flexibility index (Phi) is 8.56. The predicted octanol–water partition coefficient (Wildman–Crippen LogP) is 6.48. The maximum absolute atomic E-state index is 9.83. The average molecular weight is 369 g/mol. The van der Waals surface area contributed by atoms with Crippen molar-refractivity contribution in [3.63, 3.8) is 0 Å². The van der Waals surface area contributed by atoms with Crippen LogP contribution in [0.25, 0.3) is 5.57 Å². The van der Waals surface area contributed by atoms with Gasteiger partial charge in [0.1, 0.15) is 6.07 Å². The van der Waals surface area contributed by atoms with Gasteiger partial charge in [0.2, 0.25) is 0 Å². The molecule has 0 heterocycles. The Morgan fingerprint density at radius 3 is 2.57 bits per heavy atom. The minimum Gasteiger partial charge on any atom is -0.384 e. The molecule has 142 valence electrons. The van der Waals surface area contributed by atoms with Crippen LogP contribution in [0.5, 0.6) is 0 Å². The molecule has 0 aliphatic heterocycles. The fraction of sp³-hybridized carbons (Fsp3) is 0.192. The monoisotopic (exact) mass is 368 g/mol. The van der Waals surface area contributed by atoms with Crippen LogP contribution >= 0.6 is 0 Å². The first-order valence-corrected chi connectivity index (χ1v) is 9.65. The number of nitrogens with zero attached hydrogens (tertiary/aromatic N) is 1. The van der Waals surface area contributed by atoms with Gasteiger partial charge in [0.15, 0.2) is 0 Å². The summed E-state index contributed by atoms with van der Waals surface area (Å²) in [7, 11) is 0. The van der Waals surface area contributed by atoms with Gasteiger partial charge in [-0.2, -0.15) is 5.26 Å². The molecule has 28 heavy (non-hydrogen) atoms. The third-order valence-electron chi connectivity index (χ3n) is 4.57. The fourth-order valence-electron chi connectivity index (χ4n) is 3.18. The highest BCUT2D eigenvalue weighted by atomic mass is 14.9. The van der Waals surface area contributed by atoms with E-state index in [-0.39, 0.29) is 0 Å². The van der Waals surface area contributed by atoms with E-state index in [0.29, 0.717) is 12.0 Å². The lowest BCUT2D eigenvalue weighted by Crippen LogP contribution is -2.07. The van der Waals surface area contributed by atoms with E-state index in [1.165, 1.54) is 5.56 Å². The van der Waals surface area contributed by atoms with Crippen LogP contribution in [0.15, 0.2) is 86.0 Å². The van der Waals surface area contributed by atoms with Crippen LogP contribution in [-0.4, -0.2) is 6.54 Å². The zero-order chi connectivity index (χ0) is 20.2. The van der Waals surface area contributed by atoms with E-state index in [9.17, 15) is 5.26 Å². The van der Waals surface area contributed by atoms with Crippen LogP contribution in [0.3, 0.4) is 0 Å². The van der Waals surface area contributed by atoms with Crippen LogP contribution in [-0.2, 0) is 12.8 Å². The maximum atomic E-state index is 9.83. The van der Waals surface area contributed by atoms with E-state index in [4.69, 9.17) is 0 Å². The summed E-state index contributed by atoms with van der Waals surface area (Å²) in [5, 5.41) is 13.3. The molecule has 0 aromatic heterocycles. The molecule has 0 radical (unpaired) electrons. The van der Waals surface area contributed by atoms with Crippen LogP contribution in [0.2, 0.25) is 0 Å². The summed E-state index contributed by atoms with van der Waals surface area (Å²) in [6.45, 7) is 10.6. The number of aryl methyl sites for hydroxylation is 1. The Morgan fingerprint density at radius 2 is 1.93 bits per heavy atom.